The van der Waals surface area contributed by atoms with Crippen LogP contribution >= 0.6 is 22.7 Å². The number of amides is 1. The Bertz CT molecular complexity index is 1640. The first kappa shape index (κ1) is 28.6. The minimum absolute atomic E-state index is 0.116. The molecule has 0 saturated heterocycles. The number of alkyl halides is 3. The molecule has 0 aliphatic rings. The number of carbonyl (C=O) groups is 2. The van der Waals surface area contributed by atoms with Crippen molar-refractivity contribution < 1.29 is 27.5 Å². The Kier molecular flexibility index (Phi) is 8.87. The van der Waals surface area contributed by atoms with Crippen LogP contribution in [0.5, 0.6) is 0 Å². The maximum absolute atomic E-state index is 13.4. The number of nitrogens with zero attached hydrogens (tertiary/aromatic N) is 2. The van der Waals surface area contributed by atoms with Crippen molar-refractivity contribution in [3.63, 3.8) is 0 Å². The van der Waals surface area contributed by atoms with Crippen molar-refractivity contribution in [2.75, 3.05) is 11.9 Å². The van der Waals surface area contributed by atoms with Crippen LogP contribution in [0.4, 0.5) is 18.9 Å². The van der Waals surface area contributed by atoms with Crippen molar-refractivity contribution in [1.29, 1.82) is 0 Å². The third kappa shape index (κ3) is 7.43. The van der Waals surface area contributed by atoms with Crippen LogP contribution in [0, 0.1) is 0 Å². The van der Waals surface area contributed by atoms with E-state index >= 15 is 0 Å². The van der Waals surface area contributed by atoms with Gasteiger partial charge in [0.15, 0.2) is 5.78 Å². The summed E-state index contributed by atoms with van der Waals surface area (Å²) in [5.74, 6) is -1.45. The molecule has 0 spiro atoms. The number of ketones is 1. The number of nitrogens with one attached hydrogen (secondary N) is 1. The summed E-state index contributed by atoms with van der Waals surface area (Å²) in [4.78, 5) is 34.4. The van der Waals surface area contributed by atoms with Gasteiger partial charge in [0.1, 0.15) is 10.7 Å². The standard InChI is InChI=1S/C30H24F3N3O3S2/c31-30(32,33)21-8-4-7-20(13-21)23(11-12-39-16-19-5-2-1-3-6-19)29(38)35-22-9-10-24-27(14-22)41-28(36-24)15-26(37)25-17-40-18-34-25/h1-10,13-14,17-18,23H,11-12,15-16H2,(H,35,38). The number of Topliss-reactive ketones (excluding diaryl/α,β-unsaturated/α-hetero) is 1. The first-order chi connectivity index (χ1) is 19.8. The summed E-state index contributed by atoms with van der Waals surface area (Å²) >= 11 is 2.68. The third-order valence-electron chi connectivity index (χ3n) is 6.33. The van der Waals surface area contributed by atoms with Gasteiger partial charge in [-0.05, 0) is 41.8 Å². The van der Waals surface area contributed by atoms with Gasteiger partial charge in [-0.15, -0.1) is 22.7 Å². The molecule has 5 aromatic rings. The number of hydrogen-bond acceptors (Lipinski definition) is 7. The van der Waals surface area contributed by atoms with Crippen LogP contribution in [0.15, 0.2) is 83.7 Å². The average molecular weight is 596 g/mol. The highest BCUT2D eigenvalue weighted by Gasteiger charge is 2.32. The van der Waals surface area contributed by atoms with Gasteiger partial charge >= 0.3 is 6.18 Å². The second kappa shape index (κ2) is 12.7. The summed E-state index contributed by atoms with van der Waals surface area (Å²) in [5, 5.41) is 5.16. The maximum atomic E-state index is 13.4. The third-order valence-corrected chi connectivity index (χ3v) is 7.93. The molecule has 3 aromatic carbocycles. The number of aromatic nitrogens is 2. The highest BCUT2D eigenvalue weighted by atomic mass is 32.1. The van der Waals surface area contributed by atoms with Gasteiger partial charge in [0.25, 0.3) is 0 Å². The molecule has 5 rings (SSSR count). The number of hydrogen-bond donors (Lipinski definition) is 1. The summed E-state index contributed by atoms with van der Waals surface area (Å²) in [6.07, 6.45) is -4.23. The minimum Gasteiger partial charge on any atom is -0.377 e. The summed E-state index contributed by atoms with van der Waals surface area (Å²) in [6.45, 7) is 0.501. The molecule has 2 aromatic heterocycles. The molecule has 0 saturated carbocycles. The topological polar surface area (TPSA) is 81.2 Å². The molecule has 1 amide bonds. The maximum Gasteiger partial charge on any atom is 0.416 e. The molecular formula is C30H24F3N3O3S2. The quantitative estimate of drug-likeness (QED) is 0.126. The molecule has 210 valence electrons. The van der Waals surface area contributed by atoms with E-state index in [1.54, 1.807) is 29.1 Å². The van der Waals surface area contributed by atoms with Crippen molar-refractivity contribution in [3.05, 3.63) is 111 Å². The zero-order chi connectivity index (χ0) is 28.8. The van der Waals surface area contributed by atoms with Gasteiger partial charge in [0.05, 0.1) is 40.2 Å². The largest absolute Gasteiger partial charge is 0.416 e. The van der Waals surface area contributed by atoms with E-state index in [9.17, 15) is 22.8 Å². The molecule has 6 nitrogen and oxygen atoms in total. The molecule has 41 heavy (non-hydrogen) atoms. The van der Waals surface area contributed by atoms with Crippen molar-refractivity contribution in [3.8, 4) is 0 Å². The molecule has 0 radical (unpaired) electrons. The number of halogens is 3. The van der Waals surface area contributed by atoms with Gasteiger partial charge in [-0.2, -0.15) is 13.2 Å². The summed E-state index contributed by atoms with van der Waals surface area (Å²) < 4.78 is 46.8. The fourth-order valence-corrected chi connectivity index (χ4v) is 5.84. The van der Waals surface area contributed by atoms with Crippen LogP contribution in [-0.2, 0) is 28.7 Å². The summed E-state index contributed by atoms with van der Waals surface area (Å²) in [7, 11) is 0. The molecule has 2 heterocycles. The van der Waals surface area contributed by atoms with Gasteiger partial charge in [0.2, 0.25) is 5.91 Å². The lowest BCUT2D eigenvalue weighted by Gasteiger charge is -2.19. The van der Waals surface area contributed by atoms with E-state index in [2.05, 4.69) is 15.3 Å². The van der Waals surface area contributed by atoms with Crippen LogP contribution in [0.3, 0.4) is 0 Å². The van der Waals surface area contributed by atoms with E-state index in [1.807, 2.05) is 30.3 Å². The van der Waals surface area contributed by atoms with E-state index in [4.69, 9.17) is 4.74 Å². The number of fused-ring (bicyclic) bond motifs is 1. The molecule has 1 N–H and O–H groups in total. The van der Waals surface area contributed by atoms with E-state index in [-0.39, 0.29) is 30.8 Å². The van der Waals surface area contributed by atoms with Gasteiger partial charge < -0.3 is 10.1 Å². The first-order valence-corrected chi connectivity index (χ1v) is 14.4. The van der Waals surface area contributed by atoms with Gasteiger partial charge in [-0.1, -0.05) is 48.5 Å². The van der Waals surface area contributed by atoms with Crippen LogP contribution in [0.25, 0.3) is 10.2 Å². The lowest BCUT2D eigenvalue weighted by Crippen LogP contribution is -2.23. The van der Waals surface area contributed by atoms with E-state index < -0.39 is 23.6 Å². The lowest BCUT2D eigenvalue weighted by molar-refractivity contribution is -0.137. The van der Waals surface area contributed by atoms with Crippen LogP contribution in [-0.4, -0.2) is 28.3 Å². The van der Waals surface area contributed by atoms with E-state index in [1.165, 1.54) is 34.8 Å². The molecule has 0 bridgehead atoms. The molecule has 0 aliphatic carbocycles. The summed E-state index contributed by atoms with van der Waals surface area (Å²) in [6, 6.07) is 19.5. The zero-order valence-electron chi connectivity index (χ0n) is 21.6. The number of benzene rings is 3. The molecule has 0 aliphatic heterocycles. The number of carbonyl (C=O) groups excluding carboxylic acids is 2. The van der Waals surface area contributed by atoms with Crippen LogP contribution < -0.4 is 5.32 Å². The van der Waals surface area contributed by atoms with Gasteiger partial charge in [0, 0.05) is 17.7 Å². The predicted octanol–water partition coefficient (Wildman–Crippen LogP) is 7.53. The number of ether oxygens (including phenoxy) is 1. The van der Waals surface area contributed by atoms with E-state index in [0.29, 0.717) is 28.5 Å². The first-order valence-electron chi connectivity index (χ1n) is 12.7. The highest BCUT2D eigenvalue weighted by molar-refractivity contribution is 7.18. The van der Waals surface area contributed by atoms with Crippen LogP contribution in [0.2, 0.25) is 0 Å². The Balaban J connectivity index is 1.31. The Hall–Kier alpha value is -3.93. The second-order valence-corrected chi connectivity index (χ2v) is 11.1. The number of rotatable bonds is 11. The smallest absolute Gasteiger partial charge is 0.377 e. The molecule has 0 fully saturated rings. The molecule has 1 atom stereocenters. The average Bonchev–Trinajstić information content (AvgIpc) is 3.63. The van der Waals surface area contributed by atoms with Gasteiger partial charge in [-0.3, -0.25) is 9.59 Å². The predicted molar refractivity (Wildman–Crippen MR) is 153 cm³/mol. The van der Waals surface area contributed by atoms with Gasteiger partial charge in [-0.25, -0.2) is 9.97 Å². The fourth-order valence-electron chi connectivity index (χ4n) is 4.28. The van der Waals surface area contributed by atoms with Crippen molar-refractivity contribution in [2.24, 2.45) is 0 Å². The Morgan fingerprint density at radius 1 is 1.00 bits per heavy atom. The molecule has 11 heteroatoms. The number of thiazole rings is 2. The fraction of sp³-hybridized carbons (Fsp3) is 0.200. The van der Waals surface area contributed by atoms with Crippen LogP contribution in [0.1, 0.15) is 44.5 Å². The normalized spacial score (nSPS) is 12.4. The monoisotopic (exact) mass is 595 g/mol. The molecular weight excluding hydrogens is 571 g/mol. The highest BCUT2D eigenvalue weighted by Crippen LogP contribution is 2.33. The Morgan fingerprint density at radius 3 is 2.59 bits per heavy atom. The minimum atomic E-state index is -4.53. The summed E-state index contributed by atoms with van der Waals surface area (Å²) in [5.41, 5.74) is 3.55. The SMILES string of the molecule is O=C(Cc1nc2ccc(NC(=O)C(CCOCc3ccccc3)c3cccc(C(F)(F)F)c3)cc2s1)c1cscn1. The van der Waals surface area contributed by atoms with Crippen molar-refractivity contribution in [1.82, 2.24) is 9.97 Å². The second-order valence-electron chi connectivity index (χ2n) is 9.26. The van der Waals surface area contributed by atoms with Crippen molar-refractivity contribution >= 4 is 50.3 Å². The van der Waals surface area contributed by atoms with E-state index in [0.717, 1.165) is 22.4 Å². The zero-order valence-corrected chi connectivity index (χ0v) is 23.2. The Morgan fingerprint density at radius 2 is 1.83 bits per heavy atom. The van der Waals surface area contributed by atoms with Crippen molar-refractivity contribution in [2.45, 2.75) is 31.5 Å². The molecule has 1 unspecified atom stereocenters. The lowest BCUT2D eigenvalue weighted by atomic mass is 9.93. The Labute approximate surface area is 241 Å². The number of anilines is 1.